The van der Waals surface area contributed by atoms with E-state index >= 15 is 0 Å². The summed E-state index contributed by atoms with van der Waals surface area (Å²) < 4.78 is 0. The van der Waals surface area contributed by atoms with Crippen molar-refractivity contribution in [3.8, 4) is 0 Å². The zero-order valence-corrected chi connectivity index (χ0v) is 12.5. The van der Waals surface area contributed by atoms with Crippen LogP contribution >= 0.6 is 0 Å². The van der Waals surface area contributed by atoms with Crippen LogP contribution in [0, 0.1) is 11.8 Å². The first kappa shape index (κ1) is 14.1. The van der Waals surface area contributed by atoms with Crippen molar-refractivity contribution < 1.29 is 4.79 Å². The molecule has 1 amide bonds. The Balaban J connectivity index is 1.73. The maximum Gasteiger partial charge on any atom is 0.223 e. The van der Waals surface area contributed by atoms with Gasteiger partial charge in [0.2, 0.25) is 5.91 Å². The van der Waals surface area contributed by atoms with Gasteiger partial charge >= 0.3 is 0 Å². The van der Waals surface area contributed by atoms with Crippen molar-refractivity contribution in [2.45, 2.75) is 26.3 Å². The smallest absolute Gasteiger partial charge is 0.223 e. The summed E-state index contributed by atoms with van der Waals surface area (Å²) >= 11 is 0. The molecule has 3 N–H and O–H groups in total. The van der Waals surface area contributed by atoms with Crippen molar-refractivity contribution in [2.75, 3.05) is 13.1 Å². The van der Waals surface area contributed by atoms with E-state index in [-0.39, 0.29) is 17.9 Å². The van der Waals surface area contributed by atoms with E-state index in [0.29, 0.717) is 5.92 Å². The normalized spacial score (nSPS) is 18.2. The van der Waals surface area contributed by atoms with Gasteiger partial charge in [-0.2, -0.15) is 0 Å². The average Bonchev–Trinajstić information content (AvgIpc) is 2.86. The molecule has 1 saturated heterocycles. The van der Waals surface area contributed by atoms with Crippen LogP contribution < -0.4 is 10.6 Å². The fraction of sp³-hybridized carbons (Fsp3) is 0.500. The number of rotatable bonds is 5. The van der Waals surface area contributed by atoms with Crippen molar-refractivity contribution in [1.82, 2.24) is 20.6 Å². The van der Waals surface area contributed by atoms with Gasteiger partial charge in [0.25, 0.3) is 0 Å². The summed E-state index contributed by atoms with van der Waals surface area (Å²) in [4.78, 5) is 20.3. The Morgan fingerprint density at radius 1 is 1.43 bits per heavy atom. The lowest BCUT2D eigenvalue weighted by atomic mass is 9.88. The number of hydrogen-bond acceptors (Lipinski definition) is 3. The second kappa shape index (κ2) is 5.85. The molecule has 21 heavy (non-hydrogen) atoms. The molecule has 2 unspecified atom stereocenters. The first-order valence-electron chi connectivity index (χ1n) is 7.64. The lowest BCUT2D eigenvalue weighted by Gasteiger charge is -2.32. The lowest BCUT2D eigenvalue weighted by molar-refractivity contribution is -0.127. The molecule has 5 heteroatoms. The first-order valence-corrected chi connectivity index (χ1v) is 7.64. The summed E-state index contributed by atoms with van der Waals surface area (Å²) in [5.74, 6) is 1.46. The van der Waals surface area contributed by atoms with Crippen LogP contribution in [0.1, 0.15) is 32.1 Å². The monoisotopic (exact) mass is 286 g/mol. The van der Waals surface area contributed by atoms with Gasteiger partial charge in [-0.3, -0.25) is 4.79 Å². The molecular formula is C16H22N4O. The molecule has 1 fully saturated rings. The Kier molecular flexibility index (Phi) is 3.92. The number of carbonyl (C=O) groups excluding carboxylic acids is 1. The molecule has 1 aromatic carbocycles. The number of amides is 1. The van der Waals surface area contributed by atoms with Gasteiger partial charge in [-0.05, 0) is 37.6 Å². The molecule has 2 heterocycles. The predicted molar refractivity (Wildman–Crippen MR) is 82.8 cm³/mol. The van der Waals surface area contributed by atoms with Crippen LogP contribution in [0.3, 0.4) is 0 Å². The number of carbonyl (C=O) groups is 1. The molecule has 5 nitrogen and oxygen atoms in total. The van der Waals surface area contributed by atoms with Gasteiger partial charge in [-0.1, -0.05) is 26.0 Å². The minimum Gasteiger partial charge on any atom is -0.346 e. The third-order valence-corrected chi connectivity index (χ3v) is 4.40. The molecule has 1 aliphatic heterocycles. The molecule has 0 aliphatic carbocycles. The highest BCUT2D eigenvalue weighted by atomic mass is 16.2. The van der Waals surface area contributed by atoms with Crippen molar-refractivity contribution in [3.63, 3.8) is 0 Å². The minimum atomic E-state index is -0.0552. The highest BCUT2D eigenvalue weighted by Gasteiger charge is 2.30. The molecule has 2 atom stereocenters. The third kappa shape index (κ3) is 2.78. The maximum absolute atomic E-state index is 12.4. The molecule has 2 aromatic rings. The van der Waals surface area contributed by atoms with Crippen LogP contribution in [0.4, 0.5) is 0 Å². The molecule has 0 spiro atoms. The molecule has 0 saturated carbocycles. The van der Waals surface area contributed by atoms with Gasteiger partial charge in [-0.25, -0.2) is 4.98 Å². The minimum absolute atomic E-state index is 0.0460. The average molecular weight is 286 g/mol. The number of benzene rings is 1. The van der Waals surface area contributed by atoms with Gasteiger partial charge in [0.15, 0.2) is 0 Å². The maximum atomic E-state index is 12.4. The summed E-state index contributed by atoms with van der Waals surface area (Å²) in [7, 11) is 0. The Hall–Kier alpha value is -1.88. The molecule has 112 valence electrons. The van der Waals surface area contributed by atoms with Crippen LogP contribution in [-0.2, 0) is 4.79 Å². The van der Waals surface area contributed by atoms with E-state index in [1.807, 2.05) is 31.2 Å². The summed E-state index contributed by atoms with van der Waals surface area (Å²) in [6, 6.07) is 7.88. The zero-order valence-electron chi connectivity index (χ0n) is 12.5. The second-order valence-electron chi connectivity index (χ2n) is 5.82. The van der Waals surface area contributed by atoms with Gasteiger partial charge in [0, 0.05) is 5.92 Å². The van der Waals surface area contributed by atoms with Crippen molar-refractivity contribution >= 4 is 16.9 Å². The Labute approximate surface area is 124 Å². The van der Waals surface area contributed by atoms with Gasteiger partial charge in [-0.15, -0.1) is 0 Å². The van der Waals surface area contributed by atoms with Crippen LogP contribution in [0.15, 0.2) is 24.3 Å². The number of nitrogens with one attached hydrogen (secondary N) is 3. The highest BCUT2D eigenvalue weighted by molar-refractivity contribution is 5.79. The zero-order chi connectivity index (χ0) is 14.8. The largest absolute Gasteiger partial charge is 0.346 e. The Morgan fingerprint density at radius 2 is 2.19 bits per heavy atom. The van der Waals surface area contributed by atoms with Crippen LogP contribution in [0.2, 0.25) is 0 Å². The van der Waals surface area contributed by atoms with E-state index in [2.05, 4.69) is 27.5 Å². The van der Waals surface area contributed by atoms with E-state index in [1.54, 1.807) is 0 Å². The first-order chi connectivity index (χ1) is 10.2. The molecule has 3 rings (SSSR count). The topological polar surface area (TPSA) is 69.8 Å². The quantitative estimate of drug-likeness (QED) is 0.787. The number of hydrogen-bond donors (Lipinski definition) is 3. The summed E-state index contributed by atoms with van der Waals surface area (Å²) in [5.41, 5.74) is 1.95. The lowest BCUT2D eigenvalue weighted by Crippen LogP contribution is -2.50. The van der Waals surface area contributed by atoms with Crippen LogP contribution in [-0.4, -0.2) is 29.0 Å². The van der Waals surface area contributed by atoms with Crippen molar-refractivity contribution in [2.24, 2.45) is 11.8 Å². The van der Waals surface area contributed by atoms with E-state index in [4.69, 9.17) is 0 Å². The molecule has 1 aromatic heterocycles. The fourth-order valence-corrected chi connectivity index (χ4v) is 2.68. The number of para-hydroxylation sites is 2. The van der Waals surface area contributed by atoms with E-state index < -0.39 is 0 Å². The number of fused-ring (bicyclic) bond motifs is 1. The van der Waals surface area contributed by atoms with Crippen LogP contribution in [0.5, 0.6) is 0 Å². The number of nitrogens with zero attached hydrogens (tertiary/aromatic N) is 1. The summed E-state index contributed by atoms with van der Waals surface area (Å²) in [6.45, 7) is 5.95. The standard InChI is InChI=1S/C16H22N4O/c1-3-12(20-16(21)10(2)11-8-17-9-11)15-18-13-6-4-5-7-14(13)19-15/h4-7,10-12,17H,3,8-9H2,1-2H3,(H,18,19)(H,20,21). The number of H-pyrrole nitrogens is 1. The van der Waals surface area contributed by atoms with E-state index in [9.17, 15) is 4.79 Å². The molecular weight excluding hydrogens is 264 g/mol. The predicted octanol–water partition coefficient (Wildman–Crippen LogP) is 1.99. The van der Waals surface area contributed by atoms with Gasteiger partial charge < -0.3 is 15.6 Å². The summed E-state index contributed by atoms with van der Waals surface area (Å²) in [6.07, 6.45) is 0.821. The number of imidazole rings is 1. The Morgan fingerprint density at radius 3 is 2.81 bits per heavy atom. The molecule has 0 radical (unpaired) electrons. The SMILES string of the molecule is CCC(NC(=O)C(C)C1CNC1)c1nc2ccccc2[nH]1. The molecule has 0 bridgehead atoms. The van der Waals surface area contributed by atoms with Crippen LogP contribution in [0.25, 0.3) is 11.0 Å². The van der Waals surface area contributed by atoms with Gasteiger partial charge in [0.1, 0.15) is 5.82 Å². The van der Waals surface area contributed by atoms with Crippen molar-refractivity contribution in [1.29, 1.82) is 0 Å². The van der Waals surface area contributed by atoms with E-state index in [1.165, 1.54) is 0 Å². The third-order valence-electron chi connectivity index (χ3n) is 4.40. The number of aromatic nitrogens is 2. The van der Waals surface area contributed by atoms with Crippen molar-refractivity contribution in [3.05, 3.63) is 30.1 Å². The summed E-state index contributed by atoms with van der Waals surface area (Å²) in [5, 5.41) is 6.35. The highest BCUT2D eigenvalue weighted by Crippen LogP contribution is 2.21. The Bertz CT molecular complexity index is 599. The molecule has 1 aliphatic rings. The number of aromatic amines is 1. The fourth-order valence-electron chi connectivity index (χ4n) is 2.68. The second-order valence-corrected chi connectivity index (χ2v) is 5.82. The van der Waals surface area contributed by atoms with E-state index in [0.717, 1.165) is 36.4 Å². The van der Waals surface area contributed by atoms with Gasteiger partial charge in [0.05, 0.1) is 17.1 Å².